The zero-order valence-electron chi connectivity index (χ0n) is 12.5. The van der Waals surface area contributed by atoms with Gasteiger partial charge in [0.2, 0.25) is 0 Å². The maximum absolute atomic E-state index is 4.64. The number of hydrogen-bond acceptors (Lipinski definition) is 1. The van der Waals surface area contributed by atoms with Crippen molar-refractivity contribution in [3.05, 3.63) is 72.6 Å². The van der Waals surface area contributed by atoms with Crippen molar-refractivity contribution in [1.29, 1.82) is 0 Å². The average Bonchev–Trinajstić information content (AvgIpc) is 2.96. The number of benzene rings is 3. The van der Waals surface area contributed by atoms with Gasteiger partial charge in [-0.15, -0.1) is 29.7 Å². The zero-order valence-corrected chi connectivity index (χ0v) is 14.9. The molecule has 0 aliphatic rings. The molecule has 2 nitrogen and oxygen atoms in total. The molecule has 0 bridgehead atoms. The van der Waals surface area contributed by atoms with E-state index in [0.29, 0.717) is 0 Å². The molecule has 2 heterocycles. The summed E-state index contributed by atoms with van der Waals surface area (Å²) in [7, 11) is 0. The van der Waals surface area contributed by atoms with Crippen molar-refractivity contribution in [2.45, 2.75) is 6.92 Å². The van der Waals surface area contributed by atoms with Crippen LogP contribution in [0.1, 0.15) is 5.69 Å². The van der Waals surface area contributed by atoms with Crippen molar-refractivity contribution in [3.63, 3.8) is 0 Å². The molecule has 0 saturated carbocycles. The molecule has 0 unspecified atom stereocenters. The predicted octanol–water partition coefficient (Wildman–Crippen LogP) is 4.90. The molecule has 0 amide bonds. The molecule has 0 aliphatic carbocycles. The number of aryl methyl sites for hydroxylation is 1. The molecule has 0 saturated heterocycles. The monoisotopic (exact) mass is 474 g/mol. The third-order valence-electron chi connectivity index (χ3n) is 4.43. The van der Waals surface area contributed by atoms with Crippen molar-refractivity contribution in [2.24, 2.45) is 0 Å². The third-order valence-corrected chi connectivity index (χ3v) is 4.43. The van der Waals surface area contributed by atoms with Crippen molar-refractivity contribution >= 4 is 38.1 Å². The topological polar surface area (TPSA) is 17.3 Å². The van der Waals surface area contributed by atoms with Crippen LogP contribution in [-0.2, 0) is 20.1 Å². The minimum absolute atomic E-state index is 0. The van der Waals surface area contributed by atoms with Crippen molar-refractivity contribution in [1.82, 2.24) is 9.38 Å². The van der Waals surface area contributed by atoms with Crippen LogP contribution in [0, 0.1) is 13.0 Å². The number of rotatable bonds is 0. The van der Waals surface area contributed by atoms with E-state index >= 15 is 0 Å². The zero-order chi connectivity index (χ0) is 14.7. The number of aromatic nitrogens is 2. The second-order valence-corrected chi connectivity index (χ2v) is 5.70. The van der Waals surface area contributed by atoms with Crippen LogP contribution in [0.3, 0.4) is 0 Å². The Labute approximate surface area is 147 Å². The number of hydrogen-bond donors (Lipinski definition) is 0. The molecule has 5 aromatic rings. The summed E-state index contributed by atoms with van der Waals surface area (Å²) in [5.74, 6) is 0. The fourth-order valence-electron chi connectivity index (χ4n) is 3.46. The number of imidazole rings is 1. The van der Waals surface area contributed by atoms with E-state index in [1.165, 1.54) is 27.1 Å². The average molecular weight is 474 g/mol. The molecule has 3 heteroatoms. The van der Waals surface area contributed by atoms with E-state index in [9.17, 15) is 0 Å². The van der Waals surface area contributed by atoms with Crippen molar-refractivity contribution in [2.75, 3.05) is 0 Å². The van der Waals surface area contributed by atoms with Gasteiger partial charge in [0.05, 0.1) is 5.65 Å². The van der Waals surface area contributed by atoms with Crippen LogP contribution < -0.4 is 0 Å². The summed E-state index contributed by atoms with van der Waals surface area (Å²) >= 11 is 0. The molecule has 1 radical (unpaired) electrons. The summed E-state index contributed by atoms with van der Waals surface area (Å²) in [4.78, 5) is 4.64. The van der Waals surface area contributed by atoms with Crippen LogP contribution in [0.5, 0.6) is 0 Å². The summed E-state index contributed by atoms with van der Waals surface area (Å²) in [6.07, 6.45) is 1.94. The molecular weight excluding hydrogens is 460 g/mol. The molecule has 3 aromatic carbocycles. The maximum atomic E-state index is 4.64. The Morgan fingerprint density at radius 1 is 0.913 bits per heavy atom. The van der Waals surface area contributed by atoms with Gasteiger partial charge in [0, 0.05) is 42.9 Å². The summed E-state index contributed by atoms with van der Waals surface area (Å²) in [5.41, 5.74) is 3.36. The van der Waals surface area contributed by atoms with E-state index in [1.807, 2.05) is 18.3 Å². The van der Waals surface area contributed by atoms with Crippen LogP contribution in [0.15, 0.2) is 60.8 Å². The van der Waals surface area contributed by atoms with E-state index in [1.54, 1.807) is 0 Å². The van der Waals surface area contributed by atoms with Gasteiger partial charge < -0.3 is 4.40 Å². The second-order valence-electron chi connectivity index (χ2n) is 5.70. The van der Waals surface area contributed by atoms with Crippen LogP contribution in [-0.4, -0.2) is 9.38 Å². The Balaban J connectivity index is 0.00000135. The van der Waals surface area contributed by atoms with E-state index in [4.69, 9.17) is 0 Å². The van der Waals surface area contributed by atoms with Gasteiger partial charge in [-0.05, 0) is 17.7 Å². The number of pyridine rings is 1. The summed E-state index contributed by atoms with van der Waals surface area (Å²) in [5, 5.41) is 6.05. The van der Waals surface area contributed by atoms with Gasteiger partial charge >= 0.3 is 0 Å². The van der Waals surface area contributed by atoms with Gasteiger partial charge in [0.1, 0.15) is 0 Å². The molecular formula is C20H13IrN2-. The smallest absolute Gasteiger partial charge is 0.0610 e. The van der Waals surface area contributed by atoms with Gasteiger partial charge in [0.15, 0.2) is 0 Å². The minimum atomic E-state index is 0. The Bertz CT molecular complexity index is 1190. The largest absolute Gasteiger partial charge is 0.337 e. The summed E-state index contributed by atoms with van der Waals surface area (Å²) < 4.78 is 2.26. The van der Waals surface area contributed by atoms with Gasteiger partial charge in [-0.2, -0.15) is 0 Å². The predicted molar refractivity (Wildman–Crippen MR) is 91.3 cm³/mol. The quantitative estimate of drug-likeness (QED) is 0.231. The maximum Gasteiger partial charge on any atom is 0.0610 e. The van der Waals surface area contributed by atoms with E-state index in [-0.39, 0.29) is 20.1 Å². The van der Waals surface area contributed by atoms with Crippen molar-refractivity contribution in [3.8, 4) is 0 Å². The van der Waals surface area contributed by atoms with Crippen molar-refractivity contribution < 1.29 is 20.1 Å². The molecule has 0 spiro atoms. The fourth-order valence-corrected chi connectivity index (χ4v) is 3.46. The molecule has 0 fully saturated rings. The summed E-state index contributed by atoms with van der Waals surface area (Å²) in [6, 6.07) is 22.5. The fraction of sp³-hybridized carbons (Fsp3) is 0.0500. The first-order chi connectivity index (χ1) is 10.8. The second kappa shape index (κ2) is 5.16. The standard InChI is InChI=1S/C20H13N2.Ir/c1-13-12-21-20-18-9-5-4-8-16(18)17-11-10-14-6-2-3-7-15(14)19(17)22(13)20;/h2-8,10-12H,1H3;/q-1;. The molecule has 5 rings (SSSR count). The van der Waals surface area contributed by atoms with Crippen LogP contribution in [0.25, 0.3) is 38.1 Å². The normalized spacial score (nSPS) is 11.3. The SMILES string of the molecule is Cc1cnc2c3[c-]cccc3c3ccc4ccccc4c3n12.[Ir]. The molecule has 0 atom stereocenters. The van der Waals surface area contributed by atoms with Crippen LogP contribution >= 0.6 is 0 Å². The molecule has 113 valence electrons. The van der Waals surface area contributed by atoms with E-state index < -0.39 is 0 Å². The Hall–Kier alpha value is -2.22. The first-order valence-electron chi connectivity index (χ1n) is 7.42. The molecule has 2 aromatic heterocycles. The molecule has 0 aliphatic heterocycles. The molecule has 0 N–H and O–H groups in total. The van der Waals surface area contributed by atoms with Crippen LogP contribution in [0.4, 0.5) is 0 Å². The minimum Gasteiger partial charge on any atom is -0.337 e. The first-order valence-corrected chi connectivity index (χ1v) is 7.42. The number of nitrogens with zero attached hydrogens (tertiary/aromatic N) is 2. The Morgan fingerprint density at radius 3 is 2.65 bits per heavy atom. The van der Waals surface area contributed by atoms with Gasteiger partial charge in [-0.25, -0.2) is 0 Å². The third kappa shape index (κ3) is 1.87. The van der Waals surface area contributed by atoms with Gasteiger partial charge in [-0.3, -0.25) is 4.98 Å². The molecule has 23 heavy (non-hydrogen) atoms. The Morgan fingerprint density at radius 2 is 1.74 bits per heavy atom. The first kappa shape index (κ1) is 14.4. The Kier molecular flexibility index (Phi) is 3.22. The summed E-state index contributed by atoms with van der Waals surface area (Å²) in [6.45, 7) is 2.11. The number of fused-ring (bicyclic) bond motifs is 8. The van der Waals surface area contributed by atoms with Crippen LogP contribution in [0.2, 0.25) is 0 Å². The van der Waals surface area contributed by atoms with Gasteiger partial charge in [-0.1, -0.05) is 41.8 Å². The van der Waals surface area contributed by atoms with E-state index in [2.05, 4.69) is 64.8 Å². The van der Waals surface area contributed by atoms with E-state index in [0.717, 1.165) is 16.7 Å². The van der Waals surface area contributed by atoms with Gasteiger partial charge in [0.25, 0.3) is 0 Å².